The first-order valence-corrected chi connectivity index (χ1v) is 8.27. The molecule has 25 heavy (non-hydrogen) atoms. The van der Waals surface area contributed by atoms with Crippen LogP contribution in [-0.2, 0) is 0 Å². The largest absolute Gasteiger partial charge is 0.277 e. The van der Waals surface area contributed by atoms with Crippen molar-refractivity contribution in [2.45, 2.75) is 0 Å². The molecule has 0 spiro atoms. The Morgan fingerprint density at radius 2 is 1.36 bits per heavy atom. The maximum atomic E-state index is 12.5. The summed E-state index contributed by atoms with van der Waals surface area (Å²) >= 11 is 5.97. The van der Waals surface area contributed by atoms with Crippen molar-refractivity contribution in [3.05, 3.63) is 113 Å². The third-order valence-corrected chi connectivity index (χ3v) is 3.87. The third-order valence-electron chi connectivity index (χ3n) is 3.62. The lowest BCUT2D eigenvalue weighted by Gasteiger charge is -2.03. The molecule has 0 aliphatic carbocycles. The van der Waals surface area contributed by atoms with Gasteiger partial charge in [-0.25, -0.2) is 4.99 Å². The first kappa shape index (κ1) is 16.9. The predicted octanol–water partition coefficient (Wildman–Crippen LogP) is 5.68. The maximum Gasteiger partial charge on any atom is 0.277 e. The van der Waals surface area contributed by atoms with E-state index in [2.05, 4.69) is 4.99 Å². The molecule has 3 aromatic rings. The summed E-state index contributed by atoms with van der Waals surface area (Å²) in [6, 6.07) is 26.2. The number of hydrogen-bond acceptors (Lipinski definition) is 1. The molecule has 0 aliphatic rings. The monoisotopic (exact) mass is 345 g/mol. The van der Waals surface area contributed by atoms with Crippen molar-refractivity contribution < 1.29 is 4.79 Å². The quantitative estimate of drug-likeness (QED) is 0.559. The zero-order valence-corrected chi connectivity index (χ0v) is 14.2. The Balaban J connectivity index is 1.96. The van der Waals surface area contributed by atoms with E-state index in [9.17, 15) is 4.79 Å². The summed E-state index contributed by atoms with van der Waals surface area (Å²) in [6.45, 7) is 0. The van der Waals surface area contributed by atoms with Gasteiger partial charge in [0.25, 0.3) is 5.91 Å². The third kappa shape index (κ3) is 4.75. The van der Waals surface area contributed by atoms with Crippen LogP contribution >= 0.6 is 11.6 Å². The van der Waals surface area contributed by atoms with Gasteiger partial charge in [-0.3, -0.25) is 4.79 Å². The SMILES string of the molecule is O=C(N=C(/C=C/c1ccccc1)c1ccc(Cl)cc1)c1ccccc1. The summed E-state index contributed by atoms with van der Waals surface area (Å²) in [5.41, 5.74) is 3.02. The van der Waals surface area contributed by atoms with Gasteiger partial charge >= 0.3 is 0 Å². The molecule has 0 atom stereocenters. The van der Waals surface area contributed by atoms with Gasteiger partial charge in [-0.1, -0.05) is 78.3 Å². The zero-order valence-electron chi connectivity index (χ0n) is 13.5. The van der Waals surface area contributed by atoms with Crippen molar-refractivity contribution in [2.75, 3.05) is 0 Å². The Labute approximate surface area is 152 Å². The van der Waals surface area contributed by atoms with Crippen LogP contribution in [0.4, 0.5) is 0 Å². The van der Waals surface area contributed by atoms with Gasteiger partial charge in [0.05, 0.1) is 5.71 Å². The van der Waals surface area contributed by atoms with Crippen LogP contribution in [0.1, 0.15) is 21.5 Å². The Kier molecular flexibility index (Phi) is 5.55. The van der Waals surface area contributed by atoms with Crippen LogP contribution in [0.25, 0.3) is 6.08 Å². The van der Waals surface area contributed by atoms with Gasteiger partial charge in [-0.2, -0.15) is 0 Å². The molecule has 0 bridgehead atoms. The lowest BCUT2D eigenvalue weighted by atomic mass is 10.1. The van der Waals surface area contributed by atoms with E-state index in [4.69, 9.17) is 11.6 Å². The number of benzene rings is 3. The Hall–Kier alpha value is -2.97. The van der Waals surface area contributed by atoms with E-state index >= 15 is 0 Å². The lowest BCUT2D eigenvalue weighted by molar-refractivity contribution is 0.100. The second-order valence-corrected chi connectivity index (χ2v) is 5.86. The number of allylic oxidation sites excluding steroid dienone is 1. The van der Waals surface area contributed by atoms with E-state index in [1.54, 1.807) is 24.3 Å². The highest BCUT2D eigenvalue weighted by Gasteiger charge is 2.07. The summed E-state index contributed by atoms with van der Waals surface area (Å²) < 4.78 is 0. The maximum absolute atomic E-state index is 12.5. The van der Waals surface area contributed by atoms with Crippen LogP contribution < -0.4 is 0 Å². The van der Waals surface area contributed by atoms with Crippen LogP contribution in [0.2, 0.25) is 5.02 Å². The second-order valence-electron chi connectivity index (χ2n) is 5.42. The van der Waals surface area contributed by atoms with Crippen molar-refractivity contribution in [1.82, 2.24) is 0 Å². The van der Waals surface area contributed by atoms with Crippen molar-refractivity contribution in [3.63, 3.8) is 0 Å². The summed E-state index contributed by atoms with van der Waals surface area (Å²) in [4.78, 5) is 16.8. The van der Waals surface area contributed by atoms with Crippen LogP contribution in [0.5, 0.6) is 0 Å². The van der Waals surface area contributed by atoms with E-state index < -0.39 is 0 Å². The molecule has 1 amide bonds. The number of halogens is 1. The summed E-state index contributed by atoms with van der Waals surface area (Å²) in [5, 5.41) is 0.643. The number of hydrogen-bond donors (Lipinski definition) is 0. The number of aliphatic imine (C=N–C) groups is 1. The molecule has 0 unspecified atom stereocenters. The number of rotatable bonds is 4. The second kappa shape index (κ2) is 8.22. The molecule has 0 radical (unpaired) electrons. The molecule has 2 nitrogen and oxygen atoms in total. The first-order valence-electron chi connectivity index (χ1n) is 7.89. The zero-order chi connectivity index (χ0) is 17.5. The number of carbonyl (C=O) groups is 1. The fourth-order valence-electron chi connectivity index (χ4n) is 2.31. The van der Waals surface area contributed by atoms with E-state index in [0.717, 1.165) is 11.1 Å². The van der Waals surface area contributed by atoms with Crippen molar-refractivity contribution in [1.29, 1.82) is 0 Å². The Morgan fingerprint density at radius 3 is 2.00 bits per heavy atom. The minimum absolute atomic E-state index is 0.275. The number of nitrogens with zero attached hydrogens (tertiary/aromatic N) is 1. The molecule has 0 N–H and O–H groups in total. The highest BCUT2D eigenvalue weighted by Crippen LogP contribution is 2.13. The van der Waals surface area contributed by atoms with E-state index in [1.165, 1.54) is 0 Å². The van der Waals surface area contributed by atoms with Crippen LogP contribution in [0, 0.1) is 0 Å². The Morgan fingerprint density at radius 1 is 0.760 bits per heavy atom. The molecule has 122 valence electrons. The van der Waals surface area contributed by atoms with Gasteiger partial charge in [-0.05, 0) is 35.9 Å². The van der Waals surface area contributed by atoms with Gasteiger partial charge in [0.15, 0.2) is 0 Å². The molecule has 0 aliphatic heterocycles. The predicted molar refractivity (Wildman–Crippen MR) is 104 cm³/mol. The molecule has 0 saturated carbocycles. The molecular weight excluding hydrogens is 330 g/mol. The molecule has 0 heterocycles. The molecule has 0 fully saturated rings. The molecular formula is C22H16ClNO. The molecule has 3 heteroatoms. The average molecular weight is 346 g/mol. The van der Waals surface area contributed by atoms with E-state index in [1.807, 2.05) is 72.8 Å². The minimum Gasteiger partial charge on any atom is -0.267 e. The van der Waals surface area contributed by atoms with Crippen LogP contribution in [-0.4, -0.2) is 11.6 Å². The summed E-state index contributed by atoms with van der Waals surface area (Å²) in [6.07, 6.45) is 3.78. The first-order chi connectivity index (χ1) is 12.2. The van der Waals surface area contributed by atoms with Gasteiger partial charge < -0.3 is 0 Å². The normalized spacial score (nSPS) is 11.6. The van der Waals surface area contributed by atoms with Crippen LogP contribution in [0.3, 0.4) is 0 Å². The van der Waals surface area contributed by atoms with Gasteiger partial charge in [-0.15, -0.1) is 0 Å². The summed E-state index contributed by atoms with van der Waals surface area (Å²) in [5.74, 6) is -0.275. The minimum atomic E-state index is -0.275. The van der Waals surface area contributed by atoms with Crippen molar-refractivity contribution >= 4 is 29.3 Å². The standard InChI is InChI=1S/C22H16ClNO/c23-20-14-12-18(13-15-20)21(16-11-17-7-3-1-4-8-17)24-22(25)19-9-5-2-6-10-19/h1-16H/b16-11+,24-21?. The highest BCUT2D eigenvalue weighted by molar-refractivity contribution is 6.30. The van der Waals surface area contributed by atoms with Crippen LogP contribution in [0.15, 0.2) is 96.0 Å². The highest BCUT2D eigenvalue weighted by atomic mass is 35.5. The molecule has 3 aromatic carbocycles. The topological polar surface area (TPSA) is 29.4 Å². The van der Waals surface area contributed by atoms with Crippen molar-refractivity contribution in [3.8, 4) is 0 Å². The smallest absolute Gasteiger partial charge is 0.267 e. The van der Waals surface area contributed by atoms with E-state index in [-0.39, 0.29) is 5.91 Å². The van der Waals surface area contributed by atoms with Crippen molar-refractivity contribution in [2.24, 2.45) is 4.99 Å². The number of carbonyl (C=O) groups excluding carboxylic acids is 1. The lowest BCUT2D eigenvalue weighted by Crippen LogP contribution is -2.03. The summed E-state index contributed by atoms with van der Waals surface area (Å²) in [7, 11) is 0. The van der Waals surface area contributed by atoms with Gasteiger partial charge in [0.2, 0.25) is 0 Å². The molecule has 0 saturated heterocycles. The number of amides is 1. The van der Waals surface area contributed by atoms with E-state index in [0.29, 0.717) is 16.3 Å². The fourth-order valence-corrected chi connectivity index (χ4v) is 2.44. The molecule has 3 rings (SSSR count). The molecule has 0 aromatic heterocycles. The van der Waals surface area contributed by atoms with Gasteiger partial charge in [0, 0.05) is 16.1 Å². The average Bonchev–Trinajstić information content (AvgIpc) is 2.67. The Bertz CT molecular complexity index is 898. The van der Waals surface area contributed by atoms with Gasteiger partial charge in [0.1, 0.15) is 0 Å². The fraction of sp³-hybridized carbons (Fsp3) is 0.